The van der Waals surface area contributed by atoms with Gasteiger partial charge in [0.2, 0.25) is 0 Å². The summed E-state index contributed by atoms with van der Waals surface area (Å²) in [5.41, 5.74) is 0. The van der Waals surface area contributed by atoms with Crippen LogP contribution in [0.2, 0.25) is 0 Å². The topological polar surface area (TPSA) is 55.8 Å². The van der Waals surface area contributed by atoms with E-state index in [9.17, 15) is 14.0 Å². The second-order valence-corrected chi connectivity index (χ2v) is 4.37. The second-order valence-electron chi connectivity index (χ2n) is 4.37. The number of esters is 1. The van der Waals surface area contributed by atoms with Gasteiger partial charge in [0, 0.05) is 6.54 Å². The maximum absolute atomic E-state index is 12.8. The SMILES string of the molecule is CCOC(=O)CN(CC)C(=O)C(C)Oc1ccc(F)cc1. The Bertz CT molecular complexity index is 475. The van der Waals surface area contributed by atoms with Gasteiger partial charge in [0.25, 0.3) is 5.91 Å². The van der Waals surface area contributed by atoms with Crippen LogP contribution in [0.25, 0.3) is 0 Å². The van der Waals surface area contributed by atoms with Crippen molar-refractivity contribution in [1.82, 2.24) is 4.90 Å². The normalized spacial score (nSPS) is 11.6. The standard InChI is InChI=1S/C15H20FNO4/c1-4-17(10-14(18)20-5-2)15(19)11(3)21-13-8-6-12(16)7-9-13/h6-9,11H,4-5,10H2,1-3H3. The predicted molar refractivity (Wildman–Crippen MR) is 75.4 cm³/mol. The van der Waals surface area contributed by atoms with Crippen molar-refractivity contribution in [2.75, 3.05) is 19.7 Å². The highest BCUT2D eigenvalue weighted by atomic mass is 19.1. The maximum Gasteiger partial charge on any atom is 0.325 e. The first-order valence-corrected chi connectivity index (χ1v) is 6.84. The Labute approximate surface area is 123 Å². The fourth-order valence-corrected chi connectivity index (χ4v) is 1.73. The number of hydrogen-bond donors (Lipinski definition) is 0. The highest BCUT2D eigenvalue weighted by molar-refractivity contribution is 5.85. The summed E-state index contributed by atoms with van der Waals surface area (Å²) >= 11 is 0. The van der Waals surface area contributed by atoms with Crippen molar-refractivity contribution in [3.63, 3.8) is 0 Å². The van der Waals surface area contributed by atoms with Gasteiger partial charge in [-0.1, -0.05) is 0 Å². The molecule has 1 aromatic rings. The molecule has 0 N–H and O–H groups in total. The van der Waals surface area contributed by atoms with Crippen molar-refractivity contribution in [2.45, 2.75) is 26.9 Å². The van der Waals surface area contributed by atoms with Gasteiger partial charge in [-0.05, 0) is 45.0 Å². The molecule has 0 radical (unpaired) electrons. The van der Waals surface area contributed by atoms with Gasteiger partial charge >= 0.3 is 5.97 Å². The molecule has 0 saturated carbocycles. The van der Waals surface area contributed by atoms with Crippen molar-refractivity contribution >= 4 is 11.9 Å². The van der Waals surface area contributed by atoms with Crippen molar-refractivity contribution in [3.05, 3.63) is 30.1 Å². The van der Waals surface area contributed by atoms with E-state index in [1.165, 1.54) is 29.2 Å². The van der Waals surface area contributed by atoms with E-state index in [-0.39, 0.29) is 24.9 Å². The first kappa shape index (κ1) is 16.9. The van der Waals surface area contributed by atoms with Gasteiger partial charge < -0.3 is 14.4 Å². The number of ether oxygens (including phenoxy) is 2. The fraction of sp³-hybridized carbons (Fsp3) is 0.467. The van der Waals surface area contributed by atoms with Crippen LogP contribution in [0.1, 0.15) is 20.8 Å². The van der Waals surface area contributed by atoms with Crippen molar-refractivity contribution in [1.29, 1.82) is 0 Å². The highest BCUT2D eigenvalue weighted by Gasteiger charge is 2.23. The van der Waals surface area contributed by atoms with Gasteiger partial charge in [-0.3, -0.25) is 9.59 Å². The van der Waals surface area contributed by atoms with Crippen LogP contribution in [-0.4, -0.2) is 42.6 Å². The summed E-state index contributed by atoms with van der Waals surface area (Å²) < 4.78 is 23.1. The molecule has 0 heterocycles. The van der Waals surface area contributed by atoms with Crippen LogP contribution in [0.3, 0.4) is 0 Å². The van der Waals surface area contributed by atoms with Crippen molar-refractivity contribution in [2.24, 2.45) is 0 Å². The number of amides is 1. The number of likely N-dealkylation sites (N-methyl/N-ethyl adjacent to an activating group) is 1. The lowest BCUT2D eigenvalue weighted by Crippen LogP contribution is -2.43. The van der Waals surface area contributed by atoms with E-state index in [1.807, 2.05) is 0 Å². The molecular formula is C15H20FNO4. The molecule has 0 spiro atoms. The molecule has 1 atom stereocenters. The summed E-state index contributed by atoms with van der Waals surface area (Å²) in [6.07, 6.45) is -0.773. The lowest BCUT2D eigenvalue weighted by atomic mass is 10.3. The largest absolute Gasteiger partial charge is 0.481 e. The van der Waals surface area contributed by atoms with E-state index in [4.69, 9.17) is 9.47 Å². The average molecular weight is 297 g/mol. The zero-order valence-corrected chi connectivity index (χ0v) is 12.5. The zero-order chi connectivity index (χ0) is 15.8. The third kappa shape index (κ3) is 5.41. The minimum absolute atomic E-state index is 0.111. The van der Waals surface area contributed by atoms with E-state index in [1.54, 1.807) is 20.8 Å². The van der Waals surface area contributed by atoms with Gasteiger partial charge in [-0.25, -0.2) is 4.39 Å². The summed E-state index contributed by atoms with van der Waals surface area (Å²) in [6.45, 7) is 5.58. The molecule has 1 amide bonds. The van der Waals surface area contributed by atoms with Crippen molar-refractivity contribution in [3.8, 4) is 5.75 Å². The van der Waals surface area contributed by atoms with Gasteiger partial charge in [0.05, 0.1) is 6.61 Å². The Morgan fingerprint density at radius 3 is 2.38 bits per heavy atom. The first-order chi connectivity index (χ1) is 9.97. The Balaban J connectivity index is 2.62. The third-order valence-electron chi connectivity index (χ3n) is 2.79. The zero-order valence-electron chi connectivity index (χ0n) is 12.5. The minimum atomic E-state index is -0.773. The Hall–Kier alpha value is -2.11. The number of hydrogen-bond acceptors (Lipinski definition) is 4. The number of carbonyl (C=O) groups is 2. The number of benzene rings is 1. The van der Waals surface area contributed by atoms with Gasteiger partial charge in [-0.15, -0.1) is 0 Å². The third-order valence-corrected chi connectivity index (χ3v) is 2.79. The smallest absolute Gasteiger partial charge is 0.325 e. The molecule has 1 rings (SSSR count). The lowest BCUT2D eigenvalue weighted by molar-refractivity contribution is -0.150. The number of nitrogens with zero attached hydrogens (tertiary/aromatic N) is 1. The predicted octanol–water partition coefficient (Wildman–Crippen LogP) is 2.00. The van der Waals surface area contributed by atoms with E-state index in [2.05, 4.69) is 0 Å². The van der Waals surface area contributed by atoms with Crippen LogP contribution in [0.4, 0.5) is 4.39 Å². The number of carbonyl (C=O) groups excluding carboxylic acids is 2. The van der Waals surface area contributed by atoms with E-state index in [0.29, 0.717) is 12.3 Å². The summed E-state index contributed by atoms with van der Waals surface area (Å²) in [6, 6.07) is 5.40. The molecule has 0 aliphatic heterocycles. The molecule has 5 nitrogen and oxygen atoms in total. The molecule has 0 saturated heterocycles. The molecule has 6 heteroatoms. The first-order valence-electron chi connectivity index (χ1n) is 6.84. The Morgan fingerprint density at radius 1 is 1.24 bits per heavy atom. The summed E-state index contributed by atoms with van der Waals surface area (Å²) in [5, 5.41) is 0. The van der Waals surface area contributed by atoms with Crippen LogP contribution in [0, 0.1) is 5.82 Å². The molecule has 1 unspecified atom stereocenters. The molecule has 0 aliphatic carbocycles. The highest BCUT2D eigenvalue weighted by Crippen LogP contribution is 2.14. The molecule has 0 bridgehead atoms. The van der Waals surface area contributed by atoms with E-state index >= 15 is 0 Å². The molecule has 0 aromatic heterocycles. The molecule has 0 aliphatic rings. The molecule has 21 heavy (non-hydrogen) atoms. The second kappa shape index (κ2) is 8.24. The monoisotopic (exact) mass is 297 g/mol. The quantitative estimate of drug-likeness (QED) is 0.722. The van der Waals surface area contributed by atoms with Crippen LogP contribution >= 0.6 is 0 Å². The van der Waals surface area contributed by atoms with Crippen LogP contribution < -0.4 is 4.74 Å². The molecule has 1 aromatic carbocycles. The van der Waals surface area contributed by atoms with Crippen LogP contribution in [-0.2, 0) is 14.3 Å². The maximum atomic E-state index is 12.8. The summed E-state index contributed by atoms with van der Waals surface area (Å²) in [5.74, 6) is -0.764. The minimum Gasteiger partial charge on any atom is -0.481 e. The average Bonchev–Trinajstić information content (AvgIpc) is 2.46. The van der Waals surface area contributed by atoms with E-state index in [0.717, 1.165) is 0 Å². The summed E-state index contributed by atoms with van der Waals surface area (Å²) in [7, 11) is 0. The van der Waals surface area contributed by atoms with Gasteiger partial charge in [0.15, 0.2) is 6.10 Å². The molecule has 116 valence electrons. The molecular weight excluding hydrogens is 277 g/mol. The van der Waals surface area contributed by atoms with Crippen LogP contribution in [0.15, 0.2) is 24.3 Å². The molecule has 0 fully saturated rings. The number of halogens is 1. The Morgan fingerprint density at radius 2 is 1.86 bits per heavy atom. The Kier molecular flexibility index (Phi) is 6.65. The fourth-order valence-electron chi connectivity index (χ4n) is 1.73. The summed E-state index contributed by atoms with van der Waals surface area (Å²) in [4.78, 5) is 25.0. The van der Waals surface area contributed by atoms with Crippen LogP contribution in [0.5, 0.6) is 5.75 Å². The van der Waals surface area contributed by atoms with Gasteiger partial charge in [-0.2, -0.15) is 0 Å². The van der Waals surface area contributed by atoms with Gasteiger partial charge in [0.1, 0.15) is 18.1 Å². The lowest BCUT2D eigenvalue weighted by Gasteiger charge is -2.24. The number of rotatable bonds is 7. The van der Waals surface area contributed by atoms with Crippen molar-refractivity contribution < 1.29 is 23.5 Å². The van der Waals surface area contributed by atoms with E-state index < -0.39 is 12.1 Å².